The van der Waals surface area contributed by atoms with E-state index < -0.39 is 0 Å². The summed E-state index contributed by atoms with van der Waals surface area (Å²) in [6.45, 7) is 0. The first-order valence-electron chi connectivity index (χ1n) is 13.5. The lowest BCUT2D eigenvalue weighted by Crippen LogP contribution is -2.36. The van der Waals surface area contributed by atoms with E-state index in [9.17, 15) is 0 Å². The van der Waals surface area contributed by atoms with Crippen LogP contribution in [0.3, 0.4) is 0 Å². The molecule has 1 saturated heterocycles. The third-order valence-corrected chi connectivity index (χ3v) is 8.72. The molecule has 186 valence electrons. The molecule has 0 saturated carbocycles. The lowest BCUT2D eigenvalue weighted by Gasteiger charge is -2.40. The van der Waals surface area contributed by atoms with Gasteiger partial charge in [-0.1, -0.05) is 121 Å². The van der Waals surface area contributed by atoms with Crippen molar-refractivity contribution in [2.45, 2.75) is 23.4 Å². The molecule has 1 spiro atoms. The van der Waals surface area contributed by atoms with Crippen molar-refractivity contribution in [3.05, 3.63) is 161 Å². The van der Waals surface area contributed by atoms with Crippen molar-refractivity contribution in [2.75, 3.05) is 19.0 Å². The van der Waals surface area contributed by atoms with E-state index in [2.05, 4.69) is 158 Å². The summed E-state index contributed by atoms with van der Waals surface area (Å²) in [6.07, 6.45) is 0. The molecule has 2 aliphatic rings. The maximum Gasteiger partial charge on any atom is 0.0496 e. The Balaban J connectivity index is 1.57. The molecule has 1 aliphatic heterocycles. The number of nitrogens with zero attached hydrogens (tertiary/aromatic N) is 1. The minimum atomic E-state index is -0.269. The van der Waals surface area contributed by atoms with Gasteiger partial charge in [0.2, 0.25) is 0 Å². The van der Waals surface area contributed by atoms with Crippen LogP contribution in [0.5, 0.6) is 0 Å². The number of rotatable bonds is 4. The molecule has 1 fully saturated rings. The summed E-state index contributed by atoms with van der Waals surface area (Å²) in [5, 5.41) is 4.21. The van der Waals surface area contributed by atoms with Crippen molar-refractivity contribution >= 4 is 5.69 Å². The monoisotopic (exact) mass is 492 g/mol. The van der Waals surface area contributed by atoms with E-state index in [1.54, 1.807) is 0 Å². The largest absolute Gasteiger partial charge is 0.378 e. The van der Waals surface area contributed by atoms with Crippen LogP contribution in [0.15, 0.2) is 133 Å². The predicted molar refractivity (Wildman–Crippen MR) is 158 cm³/mol. The standard InChI is InChI=1S/C36H32N2/c1-38(2)28-23-21-25(22-24-28)33-34(26-13-5-3-6-14-26)37-35(27-15-7-4-8-16-27)36(33)31-19-11-9-17-29(31)30-18-10-12-20-32(30)36/h3-24,33-35,37H,1-2H3/t33-,34-,35+/m1/s1. The van der Waals surface area contributed by atoms with Gasteiger partial charge in [0, 0.05) is 43.2 Å². The number of anilines is 1. The Kier molecular flexibility index (Phi) is 5.45. The minimum Gasteiger partial charge on any atom is -0.378 e. The van der Waals surface area contributed by atoms with Crippen LogP contribution < -0.4 is 10.2 Å². The SMILES string of the molecule is CN(C)c1ccc([C@@H]2[C@@H](c3ccccc3)N[C@@H](c3ccccc3)C23c2ccccc2-c2ccccc23)cc1. The molecule has 0 aromatic heterocycles. The average molecular weight is 493 g/mol. The van der Waals surface area contributed by atoms with Gasteiger partial charge in [-0.15, -0.1) is 0 Å². The second-order valence-corrected chi connectivity index (χ2v) is 10.8. The van der Waals surface area contributed by atoms with E-state index in [0.717, 1.165) is 0 Å². The van der Waals surface area contributed by atoms with Gasteiger partial charge >= 0.3 is 0 Å². The highest BCUT2D eigenvalue weighted by Gasteiger charge is 2.61. The summed E-state index contributed by atoms with van der Waals surface area (Å²) in [5.74, 6) is 0.191. The second-order valence-electron chi connectivity index (χ2n) is 10.8. The third-order valence-electron chi connectivity index (χ3n) is 8.72. The van der Waals surface area contributed by atoms with Crippen LogP contribution in [0.25, 0.3) is 11.1 Å². The Bertz CT molecular complexity index is 1530. The van der Waals surface area contributed by atoms with Gasteiger partial charge in [-0.3, -0.25) is 0 Å². The zero-order chi connectivity index (χ0) is 25.7. The molecule has 5 aromatic carbocycles. The lowest BCUT2D eigenvalue weighted by atomic mass is 9.61. The van der Waals surface area contributed by atoms with E-state index in [4.69, 9.17) is 0 Å². The van der Waals surface area contributed by atoms with Gasteiger partial charge in [0.25, 0.3) is 0 Å². The van der Waals surface area contributed by atoms with Crippen molar-refractivity contribution < 1.29 is 0 Å². The fraction of sp³-hybridized carbons (Fsp3) is 0.167. The molecule has 0 bridgehead atoms. The number of benzene rings is 5. The molecule has 2 nitrogen and oxygen atoms in total. The first kappa shape index (κ1) is 23.0. The van der Waals surface area contributed by atoms with Crippen LogP contribution in [0.1, 0.15) is 45.8 Å². The van der Waals surface area contributed by atoms with Crippen molar-refractivity contribution in [2.24, 2.45) is 0 Å². The van der Waals surface area contributed by atoms with E-state index in [1.165, 1.54) is 44.6 Å². The Morgan fingerprint density at radius 2 is 1.03 bits per heavy atom. The molecule has 1 heterocycles. The van der Waals surface area contributed by atoms with Gasteiger partial charge in [-0.05, 0) is 51.1 Å². The normalized spacial score (nSPS) is 20.7. The summed E-state index contributed by atoms with van der Waals surface area (Å²) < 4.78 is 0. The highest BCUT2D eigenvalue weighted by Crippen LogP contribution is 2.67. The molecule has 1 N–H and O–H groups in total. The molecule has 0 amide bonds. The minimum absolute atomic E-state index is 0.109. The summed E-state index contributed by atoms with van der Waals surface area (Å²) in [7, 11) is 4.21. The third kappa shape index (κ3) is 3.30. The topological polar surface area (TPSA) is 15.3 Å². The second kappa shape index (κ2) is 9.01. The lowest BCUT2D eigenvalue weighted by molar-refractivity contribution is 0.420. The van der Waals surface area contributed by atoms with Gasteiger partial charge in [0.05, 0.1) is 0 Å². The highest BCUT2D eigenvalue weighted by atomic mass is 15.1. The van der Waals surface area contributed by atoms with Crippen molar-refractivity contribution in [1.29, 1.82) is 0 Å². The van der Waals surface area contributed by atoms with E-state index >= 15 is 0 Å². The number of fused-ring (bicyclic) bond motifs is 5. The summed E-state index contributed by atoms with van der Waals surface area (Å²) in [6, 6.07) is 49.8. The van der Waals surface area contributed by atoms with Crippen LogP contribution in [0.2, 0.25) is 0 Å². The summed E-state index contributed by atoms with van der Waals surface area (Å²) in [4.78, 5) is 2.17. The fourth-order valence-electron chi connectivity index (χ4n) is 7.19. The Morgan fingerprint density at radius 1 is 0.526 bits per heavy atom. The van der Waals surface area contributed by atoms with Gasteiger partial charge < -0.3 is 10.2 Å². The molecule has 3 atom stereocenters. The Morgan fingerprint density at radius 3 is 1.58 bits per heavy atom. The van der Waals surface area contributed by atoms with Crippen molar-refractivity contribution in [3.8, 4) is 11.1 Å². The molecule has 2 heteroatoms. The fourth-order valence-corrected chi connectivity index (χ4v) is 7.19. The van der Waals surface area contributed by atoms with Gasteiger partial charge in [0.15, 0.2) is 0 Å². The number of nitrogens with one attached hydrogen (secondary N) is 1. The van der Waals surface area contributed by atoms with Crippen molar-refractivity contribution in [1.82, 2.24) is 5.32 Å². The molecule has 1 aliphatic carbocycles. The maximum absolute atomic E-state index is 4.21. The first-order valence-corrected chi connectivity index (χ1v) is 13.5. The Hall–Kier alpha value is -4.14. The molecule has 5 aromatic rings. The molecular weight excluding hydrogens is 460 g/mol. The summed E-state index contributed by atoms with van der Waals surface area (Å²) in [5.41, 5.74) is 10.5. The molecule has 7 rings (SSSR count). The zero-order valence-electron chi connectivity index (χ0n) is 21.9. The first-order chi connectivity index (χ1) is 18.7. The van der Waals surface area contributed by atoms with E-state index in [1.807, 2.05) is 0 Å². The zero-order valence-corrected chi connectivity index (χ0v) is 21.9. The molecular formula is C36H32N2. The van der Waals surface area contributed by atoms with Crippen LogP contribution in [0, 0.1) is 0 Å². The summed E-state index contributed by atoms with van der Waals surface area (Å²) >= 11 is 0. The van der Waals surface area contributed by atoms with E-state index in [0.29, 0.717) is 0 Å². The Labute approximate surface area is 225 Å². The van der Waals surface area contributed by atoms with Gasteiger partial charge in [-0.2, -0.15) is 0 Å². The predicted octanol–water partition coefficient (Wildman–Crippen LogP) is 7.89. The number of hydrogen-bond donors (Lipinski definition) is 1. The van der Waals surface area contributed by atoms with Crippen LogP contribution in [-0.4, -0.2) is 14.1 Å². The van der Waals surface area contributed by atoms with Crippen LogP contribution in [0.4, 0.5) is 5.69 Å². The smallest absolute Gasteiger partial charge is 0.0496 e. The molecule has 0 radical (unpaired) electrons. The van der Waals surface area contributed by atoms with Gasteiger partial charge in [0.1, 0.15) is 0 Å². The average Bonchev–Trinajstić information content (AvgIpc) is 3.49. The maximum atomic E-state index is 4.21. The van der Waals surface area contributed by atoms with Crippen LogP contribution in [-0.2, 0) is 5.41 Å². The quantitative estimate of drug-likeness (QED) is 0.274. The van der Waals surface area contributed by atoms with Crippen molar-refractivity contribution in [3.63, 3.8) is 0 Å². The van der Waals surface area contributed by atoms with Crippen LogP contribution >= 0.6 is 0 Å². The molecule has 38 heavy (non-hydrogen) atoms. The molecule has 0 unspecified atom stereocenters. The highest BCUT2D eigenvalue weighted by molar-refractivity contribution is 5.83. The van der Waals surface area contributed by atoms with E-state index in [-0.39, 0.29) is 23.4 Å². The van der Waals surface area contributed by atoms with Gasteiger partial charge in [-0.25, -0.2) is 0 Å². The number of hydrogen-bond acceptors (Lipinski definition) is 2.